The maximum absolute atomic E-state index is 10.0. The Bertz CT molecular complexity index is 475. The smallest absolute Gasteiger partial charge is 0.0839 e. The van der Waals surface area contributed by atoms with Crippen molar-refractivity contribution in [3.05, 3.63) is 49.8 Å². The van der Waals surface area contributed by atoms with E-state index in [1.54, 1.807) is 17.8 Å². The normalized spacial score (nSPS) is 12.7. The molecule has 0 fully saturated rings. The van der Waals surface area contributed by atoms with Crippen molar-refractivity contribution in [3.8, 4) is 0 Å². The number of thiazole rings is 1. The summed E-state index contributed by atoms with van der Waals surface area (Å²) in [6.07, 6.45) is 1.81. The first-order chi connectivity index (χ1) is 7.66. The molecule has 1 heterocycles. The van der Waals surface area contributed by atoms with Crippen molar-refractivity contribution in [2.24, 2.45) is 0 Å². The summed E-state index contributed by atoms with van der Waals surface area (Å²) in [4.78, 5) is 5.04. The van der Waals surface area contributed by atoms with Gasteiger partial charge in [0, 0.05) is 22.0 Å². The second-order valence-corrected chi connectivity index (χ2v) is 5.59. The zero-order valence-electron chi connectivity index (χ0n) is 8.23. The molecule has 0 aliphatic rings. The lowest BCUT2D eigenvalue weighted by Crippen LogP contribution is -2.00. The van der Waals surface area contributed by atoms with E-state index in [4.69, 9.17) is 11.6 Å². The van der Waals surface area contributed by atoms with Crippen LogP contribution in [0.15, 0.2) is 34.4 Å². The quantitative estimate of drug-likeness (QED) is 0.933. The van der Waals surface area contributed by atoms with Crippen molar-refractivity contribution < 1.29 is 5.11 Å². The lowest BCUT2D eigenvalue weighted by atomic mass is 10.1. The van der Waals surface area contributed by atoms with Gasteiger partial charge in [-0.15, -0.1) is 11.3 Å². The summed E-state index contributed by atoms with van der Waals surface area (Å²) < 4.78 is 0.836. The molecule has 0 aliphatic carbocycles. The Balaban J connectivity index is 2.14. The third-order valence-corrected chi connectivity index (χ3v) is 4.24. The average Bonchev–Trinajstić information content (AvgIpc) is 2.74. The third kappa shape index (κ3) is 2.83. The van der Waals surface area contributed by atoms with E-state index >= 15 is 0 Å². The van der Waals surface area contributed by atoms with Gasteiger partial charge in [0.2, 0.25) is 0 Å². The van der Waals surface area contributed by atoms with Gasteiger partial charge in [0.05, 0.1) is 16.6 Å². The first kappa shape index (κ1) is 12.0. The number of benzene rings is 1. The minimum Gasteiger partial charge on any atom is -0.388 e. The van der Waals surface area contributed by atoms with E-state index in [1.165, 1.54) is 11.3 Å². The van der Waals surface area contributed by atoms with Crippen LogP contribution in [-0.2, 0) is 6.42 Å². The molecule has 0 spiro atoms. The van der Waals surface area contributed by atoms with Gasteiger partial charge in [-0.05, 0) is 33.6 Å². The molecule has 1 aromatic carbocycles. The van der Waals surface area contributed by atoms with Crippen LogP contribution in [0.1, 0.15) is 16.5 Å². The first-order valence-corrected chi connectivity index (χ1v) is 6.72. The van der Waals surface area contributed by atoms with Crippen molar-refractivity contribution in [2.75, 3.05) is 0 Å². The molecule has 0 saturated carbocycles. The van der Waals surface area contributed by atoms with Crippen LogP contribution >= 0.6 is 38.9 Å². The Morgan fingerprint density at radius 3 is 2.94 bits per heavy atom. The van der Waals surface area contributed by atoms with Crippen molar-refractivity contribution >= 4 is 38.9 Å². The highest BCUT2D eigenvalue weighted by molar-refractivity contribution is 9.10. The van der Waals surface area contributed by atoms with Crippen LogP contribution in [0.2, 0.25) is 5.02 Å². The summed E-state index contributed by atoms with van der Waals surface area (Å²) in [6.45, 7) is 0. The van der Waals surface area contributed by atoms with Crippen molar-refractivity contribution in [2.45, 2.75) is 12.5 Å². The molecule has 1 atom stereocenters. The van der Waals surface area contributed by atoms with Crippen molar-refractivity contribution in [1.29, 1.82) is 0 Å². The number of aromatic nitrogens is 1. The summed E-state index contributed by atoms with van der Waals surface area (Å²) in [5.74, 6) is 0. The first-order valence-electron chi connectivity index (χ1n) is 4.67. The second-order valence-electron chi connectivity index (χ2n) is 3.36. The second kappa shape index (κ2) is 5.27. The fourth-order valence-electron chi connectivity index (χ4n) is 1.37. The Labute approximate surface area is 111 Å². The summed E-state index contributed by atoms with van der Waals surface area (Å²) >= 11 is 10.8. The molecule has 0 amide bonds. The Morgan fingerprint density at radius 1 is 1.50 bits per heavy atom. The number of halogens is 2. The standard InChI is InChI=1S/C11H9BrClNOS/c12-9-2-1-7(3-10(9)13)11(15)4-8-5-14-6-16-8/h1-3,5-6,11,15H,4H2. The molecule has 2 nitrogen and oxygen atoms in total. The zero-order chi connectivity index (χ0) is 11.5. The molecule has 0 bridgehead atoms. The van der Waals surface area contributed by atoms with Crippen LogP contribution in [0.25, 0.3) is 0 Å². The Kier molecular flexibility index (Phi) is 3.97. The van der Waals surface area contributed by atoms with Gasteiger partial charge in [-0.25, -0.2) is 0 Å². The van der Waals surface area contributed by atoms with Gasteiger partial charge in [-0.2, -0.15) is 0 Å². The number of hydrogen-bond donors (Lipinski definition) is 1. The molecule has 0 saturated heterocycles. The molecular weight excluding hydrogens is 310 g/mol. The van der Waals surface area contributed by atoms with E-state index in [2.05, 4.69) is 20.9 Å². The maximum atomic E-state index is 10.0. The van der Waals surface area contributed by atoms with Crippen LogP contribution in [0.5, 0.6) is 0 Å². The molecule has 84 valence electrons. The van der Waals surface area contributed by atoms with Gasteiger partial charge >= 0.3 is 0 Å². The van der Waals surface area contributed by atoms with E-state index in [-0.39, 0.29) is 0 Å². The summed E-state index contributed by atoms with van der Waals surface area (Å²) in [6, 6.07) is 5.48. The molecule has 1 unspecified atom stereocenters. The lowest BCUT2D eigenvalue weighted by Gasteiger charge is -2.10. The SMILES string of the molecule is OC(Cc1cncs1)c1ccc(Br)c(Cl)c1. The fourth-order valence-corrected chi connectivity index (χ4v) is 2.44. The van der Waals surface area contributed by atoms with Crippen molar-refractivity contribution in [1.82, 2.24) is 4.98 Å². The van der Waals surface area contributed by atoms with E-state index in [0.717, 1.165) is 14.9 Å². The van der Waals surface area contributed by atoms with Gasteiger partial charge in [-0.1, -0.05) is 17.7 Å². The minimum atomic E-state index is -0.536. The predicted octanol–water partition coefficient (Wildman–Crippen LogP) is 3.84. The Morgan fingerprint density at radius 2 is 2.31 bits per heavy atom. The van der Waals surface area contributed by atoms with Crippen LogP contribution in [0.3, 0.4) is 0 Å². The molecule has 16 heavy (non-hydrogen) atoms. The molecule has 0 aliphatic heterocycles. The average molecular weight is 319 g/mol. The molecular formula is C11H9BrClNOS. The number of hydrogen-bond acceptors (Lipinski definition) is 3. The van der Waals surface area contributed by atoms with Crippen molar-refractivity contribution in [3.63, 3.8) is 0 Å². The highest BCUT2D eigenvalue weighted by atomic mass is 79.9. The number of rotatable bonds is 3. The summed E-state index contributed by atoms with van der Waals surface area (Å²) in [5.41, 5.74) is 2.58. The van der Waals surface area contributed by atoms with Gasteiger partial charge in [0.15, 0.2) is 0 Å². The van der Waals surface area contributed by atoms with E-state index in [1.807, 2.05) is 12.1 Å². The molecule has 2 rings (SSSR count). The van der Waals surface area contributed by atoms with E-state index in [0.29, 0.717) is 11.4 Å². The molecule has 1 N–H and O–H groups in total. The topological polar surface area (TPSA) is 33.1 Å². The summed E-state index contributed by atoms with van der Waals surface area (Å²) in [5, 5.41) is 10.6. The van der Waals surface area contributed by atoms with Gasteiger partial charge in [0.25, 0.3) is 0 Å². The minimum absolute atomic E-state index is 0.536. The lowest BCUT2D eigenvalue weighted by molar-refractivity contribution is 0.179. The Hall–Kier alpha value is -0.420. The van der Waals surface area contributed by atoms with E-state index in [9.17, 15) is 5.11 Å². The molecule has 1 aromatic heterocycles. The predicted molar refractivity (Wildman–Crippen MR) is 69.9 cm³/mol. The van der Waals surface area contributed by atoms with Gasteiger partial charge < -0.3 is 5.11 Å². The van der Waals surface area contributed by atoms with Gasteiger partial charge in [-0.3, -0.25) is 4.98 Å². The number of aliphatic hydroxyl groups is 1. The fraction of sp³-hybridized carbons (Fsp3) is 0.182. The third-order valence-electron chi connectivity index (χ3n) is 2.21. The highest BCUT2D eigenvalue weighted by Crippen LogP contribution is 2.27. The molecule has 5 heteroatoms. The van der Waals surface area contributed by atoms with E-state index < -0.39 is 6.10 Å². The van der Waals surface area contributed by atoms with Crippen LogP contribution < -0.4 is 0 Å². The number of nitrogens with zero attached hydrogens (tertiary/aromatic N) is 1. The van der Waals surface area contributed by atoms with Gasteiger partial charge in [0.1, 0.15) is 0 Å². The highest BCUT2D eigenvalue weighted by Gasteiger charge is 2.11. The number of aliphatic hydroxyl groups excluding tert-OH is 1. The maximum Gasteiger partial charge on any atom is 0.0839 e. The van der Waals surface area contributed by atoms with Crippen LogP contribution in [-0.4, -0.2) is 10.1 Å². The summed E-state index contributed by atoms with van der Waals surface area (Å²) in [7, 11) is 0. The zero-order valence-corrected chi connectivity index (χ0v) is 11.4. The monoisotopic (exact) mass is 317 g/mol. The largest absolute Gasteiger partial charge is 0.388 e. The molecule has 2 aromatic rings. The van der Waals surface area contributed by atoms with Crippen LogP contribution in [0, 0.1) is 0 Å². The molecule has 0 radical (unpaired) electrons. The van der Waals surface area contributed by atoms with Crippen LogP contribution in [0.4, 0.5) is 0 Å².